The van der Waals surface area contributed by atoms with E-state index in [0.717, 1.165) is 41.7 Å². The number of benzene rings is 1. The lowest BCUT2D eigenvalue weighted by atomic mass is 10.1. The van der Waals surface area contributed by atoms with Gasteiger partial charge in [-0.15, -0.1) is 10.2 Å². The van der Waals surface area contributed by atoms with Crippen LogP contribution in [0.5, 0.6) is 5.75 Å². The Labute approximate surface area is 156 Å². The maximum atomic E-state index is 12.5. The lowest BCUT2D eigenvalue weighted by molar-refractivity contribution is -0.131. The molecule has 8 heteroatoms. The first-order chi connectivity index (χ1) is 12.2. The second-order valence-corrected chi connectivity index (χ2v) is 8.41. The van der Waals surface area contributed by atoms with Crippen LogP contribution >= 0.6 is 23.1 Å². The number of amides is 1. The van der Waals surface area contributed by atoms with Crippen LogP contribution in [-0.2, 0) is 4.79 Å². The Balaban J connectivity index is 1.60. The highest BCUT2D eigenvalue weighted by atomic mass is 32.2. The molecular formula is C17H22N4O2S2. The van der Waals surface area contributed by atoms with Gasteiger partial charge >= 0.3 is 0 Å². The van der Waals surface area contributed by atoms with E-state index < -0.39 is 0 Å². The molecule has 2 aromatic rings. The van der Waals surface area contributed by atoms with Gasteiger partial charge in [0, 0.05) is 13.1 Å². The van der Waals surface area contributed by atoms with Gasteiger partial charge in [-0.25, -0.2) is 0 Å². The van der Waals surface area contributed by atoms with E-state index >= 15 is 0 Å². The molecule has 1 amide bonds. The van der Waals surface area contributed by atoms with Crippen LogP contribution in [0.4, 0.5) is 10.8 Å². The molecule has 2 heterocycles. The number of hydrogen-bond donors (Lipinski definition) is 1. The number of carbonyl (C=O) groups excluding carboxylic acids is 1. The van der Waals surface area contributed by atoms with Crippen molar-refractivity contribution in [3.8, 4) is 5.75 Å². The number of nitrogens with zero attached hydrogens (tertiary/aromatic N) is 3. The fourth-order valence-corrected chi connectivity index (χ4v) is 4.74. The van der Waals surface area contributed by atoms with Gasteiger partial charge in [0.2, 0.25) is 11.0 Å². The molecule has 1 aliphatic heterocycles. The molecule has 1 atom stereocenters. The molecule has 134 valence electrons. The van der Waals surface area contributed by atoms with Crippen molar-refractivity contribution in [2.24, 2.45) is 0 Å². The topological polar surface area (TPSA) is 67.3 Å². The quantitative estimate of drug-likeness (QED) is 0.772. The Hall–Kier alpha value is -1.80. The fourth-order valence-electron chi connectivity index (χ4n) is 2.74. The molecule has 3 rings (SSSR count). The number of carbonyl (C=O) groups is 1. The molecule has 0 radical (unpaired) electrons. The average molecular weight is 379 g/mol. The summed E-state index contributed by atoms with van der Waals surface area (Å²) in [7, 11) is 1.63. The summed E-state index contributed by atoms with van der Waals surface area (Å²) in [6, 6.07) is 7.66. The van der Waals surface area contributed by atoms with E-state index in [0.29, 0.717) is 5.13 Å². The summed E-state index contributed by atoms with van der Waals surface area (Å²) in [6.45, 7) is 3.69. The van der Waals surface area contributed by atoms with E-state index in [2.05, 4.69) is 15.5 Å². The van der Waals surface area contributed by atoms with Crippen molar-refractivity contribution in [1.29, 1.82) is 0 Å². The first-order valence-corrected chi connectivity index (χ1v) is 10.1. The maximum absolute atomic E-state index is 12.5. The largest absolute Gasteiger partial charge is 0.495 e. The average Bonchev–Trinajstić information content (AvgIpc) is 3.09. The van der Waals surface area contributed by atoms with Crippen LogP contribution in [0.15, 0.2) is 28.6 Å². The van der Waals surface area contributed by atoms with Crippen LogP contribution in [0, 0.1) is 0 Å². The molecule has 0 aliphatic carbocycles. The number of aromatic nitrogens is 2. The molecule has 0 saturated carbocycles. The number of thioether (sulfide) groups is 1. The summed E-state index contributed by atoms with van der Waals surface area (Å²) < 4.78 is 6.11. The predicted octanol–water partition coefficient (Wildman–Crippen LogP) is 3.78. The van der Waals surface area contributed by atoms with E-state index in [1.165, 1.54) is 29.5 Å². The highest BCUT2D eigenvalue weighted by Gasteiger charge is 2.24. The smallest absolute Gasteiger partial charge is 0.235 e. The SMILES string of the molecule is COc1ccccc1Nc1nnc(S[C@H](C)C(=O)N2CCCCC2)s1. The van der Waals surface area contributed by atoms with Crippen LogP contribution in [0.25, 0.3) is 0 Å². The van der Waals surface area contributed by atoms with Gasteiger partial charge in [0.1, 0.15) is 5.75 Å². The zero-order valence-electron chi connectivity index (χ0n) is 14.4. The van der Waals surface area contributed by atoms with E-state index in [-0.39, 0.29) is 11.2 Å². The molecular weight excluding hydrogens is 356 g/mol. The molecule has 6 nitrogen and oxygen atoms in total. The monoisotopic (exact) mass is 378 g/mol. The minimum Gasteiger partial charge on any atom is -0.495 e. The maximum Gasteiger partial charge on any atom is 0.235 e. The van der Waals surface area contributed by atoms with Crippen LogP contribution in [0.1, 0.15) is 26.2 Å². The highest BCUT2D eigenvalue weighted by Crippen LogP contribution is 2.33. The van der Waals surface area contributed by atoms with Gasteiger partial charge in [-0.1, -0.05) is 35.2 Å². The highest BCUT2D eigenvalue weighted by molar-refractivity contribution is 8.02. The lowest BCUT2D eigenvalue weighted by Crippen LogP contribution is -2.40. The second kappa shape index (κ2) is 8.53. The number of rotatable bonds is 6. The van der Waals surface area contributed by atoms with E-state index in [4.69, 9.17) is 4.74 Å². The lowest BCUT2D eigenvalue weighted by Gasteiger charge is -2.28. The Bertz CT molecular complexity index is 716. The van der Waals surface area contributed by atoms with Gasteiger partial charge in [-0.05, 0) is 38.3 Å². The zero-order valence-corrected chi connectivity index (χ0v) is 16.0. The molecule has 0 bridgehead atoms. The summed E-state index contributed by atoms with van der Waals surface area (Å²) in [5.41, 5.74) is 0.843. The van der Waals surface area contributed by atoms with Crippen LogP contribution in [-0.4, -0.2) is 46.5 Å². The summed E-state index contributed by atoms with van der Waals surface area (Å²) in [5.74, 6) is 0.944. The minimum absolute atomic E-state index is 0.148. The first-order valence-electron chi connectivity index (χ1n) is 8.36. The summed E-state index contributed by atoms with van der Waals surface area (Å²) in [6.07, 6.45) is 3.43. The van der Waals surface area contributed by atoms with Gasteiger partial charge in [-0.3, -0.25) is 4.79 Å². The predicted molar refractivity (Wildman–Crippen MR) is 102 cm³/mol. The van der Waals surface area contributed by atoms with Gasteiger partial charge < -0.3 is 15.0 Å². The van der Waals surface area contributed by atoms with Crippen LogP contribution < -0.4 is 10.1 Å². The molecule has 0 spiro atoms. The van der Waals surface area contributed by atoms with Crippen LogP contribution in [0.2, 0.25) is 0 Å². The Morgan fingerprint density at radius 1 is 1.28 bits per heavy atom. The molecule has 1 aliphatic rings. The van der Waals surface area contributed by atoms with Gasteiger partial charge in [0.25, 0.3) is 0 Å². The van der Waals surface area contributed by atoms with Crippen LogP contribution in [0.3, 0.4) is 0 Å². The van der Waals surface area contributed by atoms with Crippen molar-refractivity contribution in [2.75, 3.05) is 25.5 Å². The van der Waals surface area contributed by atoms with Crippen molar-refractivity contribution < 1.29 is 9.53 Å². The molecule has 1 saturated heterocycles. The van der Waals surface area contributed by atoms with Gasteiger partial charge in [0.15, 0.2) is 4.34 Å². The number of hydrogen-bond acceptors (Lipinski definition) is 7. The molecule has 1 fully saturated rings. The van der Waals surface area contributed by atoms with Crippen molar-refractivity contribution in [1.82, 2.24) is 15.1 Å². The number of methoxy groups -OCH3 is 1. The van der Waals surface area contributed by atoms with Gasteiger partial charge in [0.05, 0.1) is 18.0 Å². The fraction of sp³-hybridized carbons (Fsp3) is 0.471. The van der Waals surface area contributed by atoms with E-state index in [9.17, 15) is 4.79 Å². The standard InChI is InChI=1S/C17H22N4O2S2/c1-12(15(22)21-10-6-3-7-11-21)24-17-20-19-16(25-17)18-13-8-4-5-9-14(13)23-2/h4-5,8-9,12H,3,6-7,10-11H2,1-2H3,(H,18,19)/t12-/m1/s1. The summed E-state index contributed by atoms with van der Waals surface area (Å²) in [5, 5.41) is 12.1. The third kappa shape index (κ3) is 4.64. The van der Waals surface area contributed by atoms with Gasteiger partial charge in [-0.2, -0.15) is 0 Å². The summed E-state index contributed by atoms with van der Waals surface area (Å²) >= 11 is 2.91. The number of anilines is 2. The number of para-hydroxylation sites is 2. The van der Waals surface area contributed by atoms with Crippen molar-refractivity contribution in [3.05, 3.63) is 24.3 Å². The minimum atomic E-state index is -0.148. The molecule has 25 heavy (non-hydrogen) atoms. The Morgan fingerprint density at radius 3 is 2.80 bits per heavy atom. The third-order valence-electron chi connectivity index (χ3n) is 4.05. The van der Waals surface area contributed by atoms with Crippen molar-refractivity contribution in [2.45, 2.75) is 35.8 Å². The number of piperidine rings is 1. The second-order valence-electron chi connectivity index (χ2n) is 5.84. The summed E-state index contributed by atoms with van der Waals surface area (Å²) in [4.78, 5) is 14.5. The Kier molecular flexibility index (Phi) is 6.14. The van der Waals surface area contributed by atoms with Crippen molar-refractivity contribution >= 4 is 39.8 Å². The Morgan fingerprint density at radius 2 is 2.04 bits per heavy atom. The normalized spacial score (nSPS) is 15.7. The molecule has 1 N–H and O–H groups in total. The third-order valence-corrected chi connectivity index (χ3v) is 6.06. The zero-order chi connectivity index (χ0) is 17.6. The van der Waals surface area contributed by atoms with E-state index in [1.807, 2.05) is 36.1 Å². The number of ether oxygens (including phenoxy) is 1. The number of nitrogens with one attached hydrogen (secondary N) is 1. The first kappa shape index (κ1) is 18.0. The van der Waals surface area contributed by atoms with E-state index in [1.54, 1.807) is 7.11 Å². The number of likely N-dealkylation sites (tertiary alicyclic amines) is 1. The molecule has 0 unspecified atom stereocenters. The molecule has 1 aromatic heterocycles. The van der Waals surface area contributed by atoms with Crippen molar-refractivity contribution in [3.63, 3.8) is 0 Å². The molecule has 1 aromatic carbocycles.